The lowest BCUT2D eigenvalue weighted by molar-refractivity contribution is -0.408. The predicted molar refractivity (Wildman–Crippen MR) is 54.1 cm³/mol. The third kappa shape index (κ3) is 3.06. The largest absolute Gasteiger partial charge is 0.477 e. The molecule has 1 heterocycles. The summed E-state index contributed by atoms with van der Waals surface area (Å²) in [6.07, 6.45) is 2.23. The van der Waals surface area contributed by atoms with Gasteiger partial charge in [-0.25, -0.2) is 14.8 Å². The number of H-pyrrole nitrogens is 2. The van der Waals surface area contributed by atoms with Crippen molar-refractivity contribution in [1.82, 2.24) is 4.98 Å². The van der Waals surface area contributed by atoms with Crippen LogP contribution in [-0.2, 0) is 16.6 Å². The second-order valence-corrected chi connectivity index (χ2v) is 4.80. The predicted octanol–water partition coefficient (Wildman–Crippen LogP) is -0.636. The van der Waals surface area contributed by atoms with E-state index in [9.17, 15) is 4.79 Å². The number of aromatic nitrogens is 2. The molecule has 5 nitrogen and oxygen atoms in total. The van der Waals surface area contributed by atoms with Crippen LogP contribution in [0.4, 0.5) is 0 Å². The molecule has 0 saturated heterocycles. The van der Waals surface area contributed by atoms with Gasteiger partial charge in [-0.05, 0) is 20.8 Å². The van der Waals surface area contributed by atoms with Gasteiger partial charge in [0.2, 0.25) is 0 Å². The normalized spacial score (nSPS) is 13.9. The van der Waals surface area contributed by atoms with E-state index in [1.54, 1.807) is 0 Å². The van der Waals surface area contributed by atoms with Crippen molar-refractivity contribution in [2.45, 2.75) is 38.6 Å². The number of carbonyl (C=O) groups is 1. The Kier molecular flexibility index (Phi) is 3.14. The lowest BCUT2D eigenvalue weighted by Gasteiger charge is -2.08. The topological polar surface area (TPSA) is 94.9 Å². The summed E-state index contributed by atoms with van der Waals surface area (Å²) < 4.78 is 0. The van der Waals surface area contributed by atoms with Crippen LogP contribution < -0.4 is 10.7 Å². The average Bonchev–Trinajstić information content (AvgIpc) is 2.51. The SMILES string of the molecule is CC(C)(C)c1[nH]c(C[C@H]([NH3+])C(=O)O)c[nH+]1. The van der Waals surface area contributed by atoms with Crippen LogP contribution in [0.1, 0.15) is 32.3 Å². The number of hydrogen-bond donors (Lipinski definition) is 3. The fourth-order valence-electron chi connectivity index (χ4n) is 1.26. The van der Waals surface area contributed by atoms with Crippen molar-refractivity contribution in [3.63, 3.8) is 0 Å². The van der Waals surface area contributed by atoms with Crippen molar-refractivity contribution in [3.05, 3.63) is 17.7 Å². The Bertz CT molecular complexity index is 352. The molecule has 0 bridgehead atoms. The van der Waals surface area contributed by atoms with Crippen LogP contribution in [0.25, 0.3) is 0 Å². The summed E-state index contributed by atoms with van der Waals surface area (Å²) in [6.45, 7) is 6.24. The Balaban J connectivity index is 2.73. The van der Waals surface area contributed by atoms with Gasteiger partial charge in [0, 0.05) is 0 Å². The van der Waals surface area contributed by atoms with Gasteiger partial charge in [-0.2, -0.15) is 0 Å². The first-order chi connectivity index (χ1) is 6.80. The molecule has 0 unspecified atom stereocenters. The van der Waals surface area contributed by atoms with E-state index >= 15 is 0 Å². The first kappa shape index (κ1) is 11.7. The van der Waals surface area contributed by atoms with Gasteiger partial charge in [0.25, 0.3) is 5.82 Å². The number of imidazole rings is 1. The van der Waals surface area contributed by atoms with Gasteiger partial charge in [-0.15, -0.1) is 0 Å². The molecule has 0 spiro atoms. The molecule has 15 heavy (non-hydrogen) atoms. The van der Waals surface area contributed by atoms with Gasteiger partial charge in [0.15, 0.2) is 6.04 Å². The zero-order valence-corrected chi connectivity index (χ0v) is 9.42. The van der Waals surface area contributed by atoms with Crippen LogP contribution >= 0.6 is 0 Å². The molecule has 84 valence electrons. The molecule has 1 aromatic rings. The summed E-state index contributed by atoms with van der Waals surface area (Å²) in [5.41, 5.74) is 4.46. The summed E-state index contributed by atoms with van der Waals surface area (Å²) >= 11 is 0. The Hall–Kier alpha value is -1.36. The molecular formula is C10H19N3O2+2. The lowest BCUT2D eigenvalue weighted by Crippen LogP contribution is -2.66. The maximum Gasteiger partial charge on any atom is 0.362 e. The van der Waals surface area contributed by atoms with Crippen LogP contribution in [0.5, 0.6) is 0 Å². The van der Waals surface area contributed by atoms with E-state index < -0.39 is 12.0 Å². The van der Waals surface area contributed by atoms with E-state index in [1.807, 2.05) is 6.20 Å². The van der Waals surface area contributed by atoms with Gasteiger partial charge in [-0.1, -0.05) is 0 Å². The third-order valence-electron chi connectivity index (χ3n) is 2.24. The monoisotopic (exact) mass is 213 g/mol. The van der Waals surface area contributed by atoms with Gasteiger partial charge < -0.3 is 10.8 Å². The highest BCUT2D eigenvalue weighted by molar-refractivity contribution is 5.71. The highest BCUT2D eigenvalue weighted by Gasteiger charge is 2.26. The van der Waals surface area contributed by atoms with Crippen molar-refractivity contribution in [3.8, 4) is 0 Å². The van der Waals surface area contributed by atoms with Crippen LogP contribution in [-0.4, -0.2) is 22.1 Å². The standard InChI is InChI=1S/C10H17N3O2/c1-10(2,3)9-12-5-6(13-9)4-7(11)8(14)15/h5,7H,4,11H2,1-3H3,(H,12,13)(H,14,15)/p+2/t7-/m0/s1. The first-order valence-electron chi connectivity index (χ1n) is 4.96. The molecule has 1 aromatic heterocycles. The number of nitrogens with one attached hydrogen (secondary N) is 2. The molecule has 0 aliphatic heterocycles. The van der Waals surface area contributed by atoms with Gasteiger partial charge in [0.05, 0.1) is 11.8 Å². The van der Waals surface area contributed by atoms with E-state index in [0.717, 1.165) is 11.5 Å². The molecule has 5 heteroatoms. The number of aliphatic carboxylic acids is 1. The van der Waals surface area contributed by atoms with Gasteiger partial charge in [0.1, 0.15) is 11.9 Å². The van der Waals surface area contributed by atoms with Crippen molar-refractivity contribution in [2.75, 3.05) is 0 Å². The third-order valence-corrected chi connectivity index (χ3v) is 2.24. The Morgan fingerprint density at radius 3 is 2.67 bits per heavy atom. The van der Waals surface area contributed by atoms with E-state index in [0.29, 0.717) is 6.42 Å². The maximum atomic E-state index is 10.6. The summed E-state index contributed by atoms with van der Waals surface area (Å²) in [7, 11) is 0. The van der Waals surface area contributed by atoms with E-state index in [-0.39, 0.29) is 5.41 Å². The molecule has 1 rings (SSSR count). The van der Waals surface area contributed by atoms with Crippen LogP contribution in [0.15, 0.2) is 6.20 Å². The molecule has 0 saturated carbocycles. The van der Waals surface area contributed by atoms with Crippen molar-refractivity contribution < 1.29 is 20.6 Å². The molecule has 0 aromatic carbocycles. The molecule has 0 aliphatic rings. The quantitative estimate of drug-likeness (QED) is 0.623. The zero-order chi connectivity index (χ0) is 11.6. The second kappa shape index (κ2) is 4.02. The van der Waals surface area contributed by atoms with Crippen molar-refractivity contribution >= 4 is 5.97 Å². The van der Waals surface area contributed by atoms with Gasteiger partial charge >= 0.3 is 5.97 Å². The second-order valence-electron chi connectivity index (χ2n) is 4.80. The van der Waals surface area contributed by atoms with Gasteiger partial charge in [-0.3, -0.25) is 0 Å². The summed E-state index contributed by atoms with van der Waals surface area (Å²) in [5.74, 6) is 0.122. The fraction of sp³-hybridized carbons (Fsp3) is 0.600. The van der Waals surface area contributed by atoms with Crippen LogP contribution in [0, 0.1) is 0 Å². The summed E-state index contributed by atoms with van der Waals surface area (Å²) in [5, 5.41) is 8.72. The lowest BCUT2D eigenvalue weighted by atomic mass is 9.96. The van der Waals surface area contributed by atoms with Crippen LogP contribution in [0.3, 0.4) is 0 Å². The zero-order valence-electron chi connectivity index (χ0n) is 9.42. The number of hydrogen-bond acceptors (Lipinski definition) is 1. The molecular weight excluding hydrogens is 194 g/mol. The molecule has 0 radical (unpaired) electrons. The van der Waals surface area contributed by atoms with Crippen LogP contribution in [0.2, 0.25) is 0 Å². The van der Waals surface area contributed by atoms with E-state index in [4.69, 9.17) is 5.11 Å². The average molecular weight is 213 g/mol. The molecule has 1 atom stereocenters. The fourth-order valence-corrected chi connectivity index (χ4v) is 1.26. The smallest absolute Gasteiger partial charge is 0.362 e. The van der Waals surface area contributed by atoms with E-state index in [1.165, 1.54) is 0 Å². The first-order valence-corrected chi connectivity index (χ1v) is 4.96. The minimum atomic E-state index is -0.873. The Morgan fingerprint density at radius 1 is 1.67 bits per heavy atom. The molecule has 0 fully saturated rings. The molecule has 0 aliphatic carbocycles. The summed E-state index contributed by atoms with van der Waals surface area (Å²) in [6, 6.07) is -0.607. The molecule has 0 amide bonds. The van der Waals surface area contributed by atoms with Crippen molar-refractivity contribution in [2.24, 2.45) is 0 Å². The Labute approximate surface area is 88.7 Å². The van der Waals surface area contributed by atoms with E-state index in [2.05, 4.69) is 36.5 Å². The molecule has 6 N–H and O–H groups in total. The highest BCUT2D eigenvalue weighted by Crippen LogP contribution is 2.15. The number of quaternary nitrogens is 1. The minimum Gasteiger partial charge on any atom is -0.477 e. The minimum absolute atomic E-state index is 0.0120. The maximum absolute atomic E-state index is 10.6. The number of carboxylic acid groups (broad SMARTS) is 1. The highest BCUT2D eigenvalue weighted by atomic mass is 16.4. The number of aromatic amines is 2. The number of rotatable bonds is 3. The Morgan fingerprint density at radius 2 is 2.27 bits per heavy atom. The van der Waals surface area contributed by atoms with Crippen molar-refractivity contribution in [1.29, 1.82) is 0 Å². The summed E-state index contributed by atoms with van der Waals surface area (Å²) in [4.78, 5) is 16.9. The number of carboxylic acids is 1.